The van der Waals surface area contributed by atoms with Gasteiger partial charge in [0.05, 0.1) is 17.5 Å². The molecule has 1 unspecified atom stereocenters. The van der Waals surface area contributed by atoms with Gasteiger partial charge in [0, 0.05) is 11.1 Å². The highest BCUT2D eigenvalue weighted by molar-refractivity contribution is 7.92. The zero-order valence-electron chi connectivity index (χ0n) is 13.3. The number of hydrogen-bond donors (Lipinski definition) is 1. The van der Waals surface area contributed by atoms with E-state index in [0.717, 1.165) is 18.4 Å². The maximum absolute atomic E-state index is 13.2. The number of carbonyl (C=O) groups is 1. The van der Waals surface area contributed by atoms with E-state index >= 15 is 0 Å². The second kappa shape index (κ2) is 7.60. The minimum Gasteiger partial charge on any atom is -0.352 e. The Bertz CT molecular complexity index is 708. The molecular weight excluding hydrogens is 369 g/mol. The van der Waals surface area contributed by atoms with Crippen LogP contribution in [0.25, 0.3) is 0 Å². The molecule has 1 N–H and O–H groups in total. The maximum atomic E-state index is 13.2. The van der Waals surface area contributed by atoms with E-state index in [2.05, 4.69) is 5.32 Å². The van der Waals surface area contributed by atoms with Crippen molar-refractivity contribution < 1.29 is 26.4 Å². The van der Waals surface area contributed by atoms with Gasteiger partial charge in [-0.15, -0.1) is 0 Å². The Labute approximate surface area is 143 Å². The summed E-state index contributed by atoms with van der Waals surface area (Å²) < 4.78 is 63.9. The Kier molecular flexibility index (Phi) is 6.52. The number of sulfonamides is 1. The van der Waals surface area contributed by atoms with Crippen molar-refractivity contribution >= 4 is 33.2 Å². The standard InChI is InChI=1S/C14H18ClF3N2O3S/c1-4-9(2)19-13(21)8-20(24(3,22)23)12-6-5-10(15)7-11(12)14(16,17)18/h5-7,9H,4,8H2,1-3H3,(H,19,21). The van der Waals surface area contributed by atoms with Crippen LogP contribution in [0.15, 0.2) is 18.2 Å². The molecule has 1 aromatic carbocycles. The van der Waals surface area contributed by atoms with Crippen LogP contribution in [0.3, 0.4) is 0 Å². The Morgan fingerprint density at radius 1 is 1.38 bits per heavy atom. The molecule has 0 aliphatic carbocycles. The van der Waals surface area contributed by atoms with Crippen LogP contribution in [0.5, 0.6) is 0 Å². The summed E-state index contributed by atoms with van der Waals surface area (Å²) in [5, 5.41) is 2.33. The predicted molar refractivity (Wildman–Crippen MR) is 86.5 cm³/mol. The van der Waals surface area contributed by atoms with Crippen molar-refractivity contribution in [3.05, 3.63) is 28.8 Å². The Morgan fingerprint density at radius 3 is 2.42 bits per heavy atom. The first-order valence-electron chi connectivity index (χ1n) is 7.00. The van der Waals surface area contributed by atoms with E-state index in [-0.39, 0.29) is 11.1 Å². The number of nitrogens with one attached hydrogen (secondary N) is 1. The molecule has 24 heavy (non-hydrogen) atoms. The lowest BCUT2D eigenvalue weighted by molar-refractivity contribution is -0.137. The third kappa shape index (κ3) is 5.55. The van der Waals surface area contributed by atoms with E-state index in [4.69, 9.17) is 11.6 Å². The van der Waals surface area contributed by atoms with Crippen LogP contribution >= 0.6 is 11.6 Å². The van der Waals surface area contributed by atoms with Crippen molar-refractivity contribution in [2.24, 2.45) is 0 Å². The number of halogens is 4. The van der Waals surface area contributed by atoms with Gasteiger partial charge in [-0.2, -0.15) is 13.2 Å². The Hall–Kier alpha value is -1.48. The highest BCUT2D eigenvalue weighted by Gasteiger charge is 2.37. The van der Waals surface area contributed by atoms with Gasteiger partial charge in [0.1, 0.15) is 6.54 Å². The van der Waals surface area contributed by atoms with Crippen LogP contribution in [-0.2, 0) is 21.0 Å². The van der Waals surface area contributed by atoms with Crippen molar-refractivity contribution in [2.75, 3.05) is 17.1 Å². The monoisotopic (exact) mass is 386 g/mol. The third-order valence-corrected chi connectivity index (χ3v) is 4.60. The van der Waals surface area contributed by atoms with E-state index < -0.39 is 39.9 Å². The first-order chi connectivity index (χ1) is 10.9. The Balaban J connectivity index is 3.32. The molecule has 0 aliphatic rings. The average Bonchev–Trinajstić information content (AvgIpc) is 2.42. The van der Waals surface area contributed by atoms with Crippen molar-refractivity contribution in [3.8, 4) is 0 Å². The molecule has 0 saturated carbocycles. The third-order valence-electron chi connectivity index (χ3n) is 3.24. The summed E-state index contributed by atoms with van der Waals surface area (Å²) in [4.78, 5) is 11.9. The van der Waals surface area contributed by atoms with Gasteiger partial charge in [-0.25, -0.2) is 8.42 Å². The molecule has 0 spiro atoms. The summed E-state index contributed by atoms with van der Waals surface area (Å²) in [6, 6.07) is 2.47. The maximum Gasteiger partial charge on any atom is 0.418 e. The summed E-state index contributed by atoms with van der Waals surface area (Å²) >= 11 is 5.59. The number of benzene rings is 1. The number of alkyl halides is 3. The van der Waals surface area contributed by atoms with Gasteiger partial charge in [0.2, 0.25) is 15.9 Å². The minimum absolute atomic E-state index is 0.191. The zero-order valence-corrected chi connectivity index (χ0v) is 14.9. The van der Waals surface area contributed by atoms with Crippen LogP contribution in [0.1, 0.15) is 25.8 Å². The Morgan fingerprint density at radius 2 is 1.96 bits per heavy atom. The fraction of sp³-hybridized carbons (Fsp3) is 0.500. The lowest BCUT2D eigenvalue weighted by Gasteiger charge is -2.26. The van der Waals surface area contributed by atoms with Crippen molar-refractivity contribution in [3.63, 3.8) is 0 Å². The highest BCUT2D eigenvalue weighted by Crippen LogP contribution is 2.38. The summed E-state index contributed by atoms with van der Waals surface area (Å²) in [6.45, 7) is 2.75. The van der Waals surface area contributed by atoms with E-state index in [1.54, 1.807) is 13.8 Å². The number of nitrogens with zero attached hydrogens (tertiary/aromatic N) is 1. The van der Waals surface area contributed by atoms with E-state index in [0.29, 0.717) is 16.8 Å². The van der Waals surface area contributed by atoms with E-state index in [9.17, 15) is 26.4 Å². The zero-order chi connectivity index (χ0) is 18.7. The van der Waals surface area contributed by atoms with Crippen molar-refractivity contribution in [2.45, 2.75) is 32.5 Å². The molecule has 0 fully saturated rings. The molecule has 0 aromatic heterocycles. The molecule has 0 radical (unpaired) electrons. The fourth-order valence-electron chi connectivity index (χ4n) is 1.89. The molecule has 5 nitrogen and oxygen atoms in total. The molecule has 1 aromatic rings. The van der Waals surface area contributed by atoms with Crippen LogP contribution in [-0.4, -0.2) is 33.2 Å². The molecule has 0 heterocycles. The second-order valence-electron chi connectivity index (χ2n) is 5.31. The van der Waals surface area contributed by atoms with Crippen molar-refractivity contribution in [1.29, 1.82) is 0 Å². The molecule has 1 rings (SSSR count). The molecule has 0 aliphatic heterocycles. The van der Waals surface area contributed by atoms with Crippen LogP contribution in [0.2, 0.25) is 5.02 Å². The van der Waals surface area contributed by atoms with E-state index in [1.807, 2.05) is 0 Å². The molecule has 0 bridgehead atoms. The molecule has 10 heteroatoms. The van der Waals surface area contributed by atoms with Crippen LogP contribution in [0.4, 0.5) is 18.9 Å². The van der Waals surface area contributed by atoms with Gasteiger partial charge in [-0.05, 0) is 31.5 Å². The summed E-state index contributed by atoms with van der Waals surface area (Å²) in [7, 11) is -4.12. The molecular formula is C14H18ClF3N2O3S. The second-order valence-corrected chi connectivity index (χ2v) is 7.65. The number of rotatable bonds is 6. The van der Waals surface area contributed by atoms with Crippen molar-refractivity contribution in [1.82, 2.24) is 5.32 Å². The molecule has 1 atom stereocenters. The minimum atomic E-state index is -4.82. The number of carbonyl (C=O) groups excluding carboxylic acids is 1. The van der Waals surface area contributed by atoms with Gasteiger partial charge in [-0.3, -0.25) is 9.10 Å². The SMILES string of the molecule is CCC(C)NC(=O)CN(c1ccc(Cl)cc1C(F)(F)F)S(C)(=O)=O. The van der Waals surface area contributed by atoms with Gasteiger partial charge in [0.15, 0.2) is 0 Å². The first kappa shape index (κ1) is 20.6. The topological polar surface area (TPSA) is 66.5 Å². The molecule has 136 valence electrons. The van der Waals surface area contributed by atoms with Crippen LogP contribution < -0.4 is 9.62 Å². The number of amides is 1. The largest absolute Gasteiger partial charge is 0.418 e. The summed E-state index contributed by atoms with van der Waals surface area (Å²) in [5.41, 5.74) is -1.87. The fourth-order valence-corrected chi connectivity index (χ4v) is 2.93. The van der Waals surface area contributed by atoms with E-state index in [1.165, 1.54) is 0 Å². The van der Waals surface area contributed by atoms with Gasteiger partial charge in [-0.1, -0.05) is 18.5 Å². The normalized spacial score (nSPS) is 13.5. The molecule has 0 saturated heterocycles. The smallest absolute Gasteiger partial charge is 0.352 e. The van der Waals surface area contributed by atoms with Crippen LogP contribution in [0, 0.1) is 0 Å². The summed E-state index contributed by atoms with van der Waals surface area (Å²) in [6.07, 6.45) is -3.49. The molecule has 1 amide bonds. The number of anilines is 1. The highest BCUT2D eigenvalue weighted by atomic mass is 35.5. The average molecular weight is 387 g/mol. The van der Waals surface area contributed by atoms with Gasteiger partial charge < -0.3 is 5.32 Å². The lowest BCUT2D eigenvalue weighted by atomic mass is 10.1. The van der Waals surface area contributed by atoms with Gasteiger partial charge in [0.25, 0.3) is 0 Å². The van der Waals surface area contributed by atoms with Gasteiger partial charge >= 0.3 is 6.18 Å². The quantitative estimate of drug-likeness (QED) is 0.817. The predicted octanol–water partition coefficient (Wildman–Crippen LogP) is 3.04. The lowest BCUT2D eigenvalue weighted by Crippen LogP contribution is -2.43. The summed E-state index contributed by atoms with van der Waals surface area (Å²) in [5.74, 6) is -0.696. The first-order valence-corrected chi connectivity index (χ1v) is 9.22. The number of hydrogen-bond acceptors (Lipinski definition) is 3.